The second-order valence-corrected chi connectivity index (χ2v) is 4.51. The van der Waals surface area contributed by atoms with Gasteiger partial charge in [0.15, 0.2) is 0 Å². The van der Waals surface area contributed by atoms with Crippen LogP contribution >= 0.6 is 0 Å². The standard InChI is InChI=1S/C10H18O2/c1-8-5-4-6-10(2,3)9(8)12-7-11/h7-9H,4-6H2,1-3H3/t8-,9?/m0/s1. The van der Waals surface area contributed by atoms with Crippen LogP contribution in [0.4, 0.5) is 0 Å². The third-order valence-corrected chi connectivity index (χ3v) is 2.97. The smallest absolute Gasteiger partial charge is 0.293 e. The van der Waals surface area contributed by atoms with Crippen LogP contribution < -0.4 is 0 Å². The van der Waals surface area contributed by atoms with E-state index in [1.807, 2.05) is 0 Å². The first-order valence-electron chi connectivity index (χ1n) is 4.67. The van der Waals surface area contributed by atoms with E-state index in [1.54, 1.807) is 0 Å². The minimum Gasteiger partial charge on any atom is -0.464 e. The van der Waals surface area contributed by atoms with Gasteiger partial charge in [-0.1, -0.05) is 27.2 Å². The summed E-state index contributed by atoms with van der Waals surface area (Å²) in [5, 5.41) is 0. The Morgan fingerprint density at radius 2 is 2.17 bits per heavy atom. The number of carbonyl (C=O) groups excluding carboxylic acids is 1. The molecule has 0 aliphatic heterocycles. The highest BCUT2D eigenvalue weighted by molar-refractivity contribution is 5.37. The Morgan fingerprint density at radius 3 is 2.67 bits per heavy atom. The van der Waals surface area contributed by atoms with Crippen molar-refractivity contribution in [1.29, 1.82) is 0 Å². The van der Waals surface area contributed by atoms with Crippen molar-refractivity contribution in [1.82, 2.24) is 0 Å². The van der Waals surface area contributed by atoms with Crippen molar-refractivity contribution in [2.24, 2.45) is 11.3 Å². The van der Waals surface area contributed by atoms with Crippen molar-refractivity contribution < 1.29 is 9.53 Å². The fourth-order valence-electron chi connectivity index (χ4n) is 2.32. The Balaban J connectivity index is 2.66. The van der Waals surface area contributed by atoms with E-state index in [-0.39, 0.29) is 11.5 Å². The fourth-order valence-corrected chi connectivity index (χ4v) is 2.32. The van der Waals surface area contributed by atoms with E-state index in [9.17, 15) is 4.79 Å². The molecule has 0 spiro atoms. The Bertz CT molecular complexity index is 163. The number of ether oxygens (including phenoxy) is 1. The molecule has 2 heteroatoms. The van der Waals surface area contributed by atoms with Crippen LogP contribution in [0.5, 0.6) is 0 Å². The van der Waals surface area contributed by atoms with E-state index in [0.29, 0.717) is 12.4 Å². The molecule has 1 aliphatic rings. The van der Waals surface area contributed by atoms with Gasteiger partial charge in [0.2, 0.25) is 0 Å². The second kappa shape index (κ2) is 3.46. The summed E-state index contributed by atoms with van der Waals surface area (Å²) in [5.74, 6) is 0.513. The van der Waals surface area contributed by atoms with Gasteiger partial charge in [-0.2, -0.15) is 0 Å². The molecule has 0 N–H and O–H groups in total. The zero-order chi connectivity index (χ0) is 9.19. The largest absolute Gasteiger partial charge is 0.464 e. The van der Waals surface area contributed by atoms with Crippen LogP contribution in [0, 0.1) is 11.3 Å². The second-order valence-electron chi connectivity index (χ2n) is 4.51. The number of rotatable bonds is 2. The predicted octanol–water partition coefficient (Wildman–Crippen LogP) is 2.37. The quantitative estimate of drug-likeness (QED) is 0.595. The molecular weight excluding hydrogens is 152 g/mol. The lowest BCUT2D eigenvalue weighted by atomic mass is 9.70. The van der Waals surface area contributed by atoms with Gasteiger partial charge in [0.1, 0.15) is 6.10 Å². The van der Waals surface area contributed by atoms with Crippen molar-refractivity contribution in [3.05, 3.63) is 0 Å². The van der Waals surface area contributed by atoms with Gasteiger partial charge in [-0.05, 0) is 18.8 Å². The third kappa shape index (κ3) is 1.79. The van der Waals surface area contributed by atoms with Crippen LogP contribution in [0.1, 0.15) is 40.0 Å². The van der Waals surface area contributed by atoms with E-state index in [4.69, 9.17) is 4.74 Å². The summed E-state index contributed by atoms with van der Waals surface area (Å²) in [5.41, 5.74) is 0.165. The summed E-state index contributed by atoms with van der Waals surface area (Å²) in [6.45, 7) is 7.11. The molecule has 1 rings (SSSR count). The maximum atomic E-state index is 10.3. The van der Waals surface area contributed by atoms with Crippen molar-refractivity contribution in [2.45, 2.75) is 46.1 Å². The monoisotopic (exact) mass is 170 g/mol. The summed E-state index contributed by atoms with van der Waals surface area (Å²) >= 11 is 0. The van der Waals surface area contributed by atoms with Gasteiger partial charge in [0.05, 0.1) is 0 Å². The summed E-state index contributed by atoms with van der Waals surface area (Å²) < 4.78 is 5.13. The zero-order valence-electron chi connectivity index (χ0n) is 8.17. The van der Waals surface area contributed by atoms with E-state index in [0.717, 1.165) is 6.42 Å². The van der Waals surface area contributed by atoms with Gasteiger partial charge in [-0.25, -0.2) is 0 Å². The normalized spacial score (nSPS) is 34.2. The molecule has 0 aromatic rings. The van der Waals surface area contributed by atoms with Crippen molar-refractivity contribution >= 4 is 6.47 Å². The van der Waals surface area contributed by atoms with Crippen molar-refractivity contribution in [2.75, 3.05) is 0 Å². The molecule has 0 bridgehead atoms. The first-order valence-corrected chi connectivity index (χ1v) is 4.67. The van der Waals surface area contributed by atoms with Gasteiger partial charge < -0.3 is 4.74 Å². The Kier molecular flexibility index (Phi) is 2.76. The topological polar surface area (TPSA) is 26.3 Å². The molecule has 12 heavy (non-hydrogen) atoms. The maximum Gasteiger partial charge on any atom is 0.293 e. The molecule has 2 atom stereocenters. The number of hydrogen-bond donors (Lipinski definition) is 0. The van der Waals surface area contributed by atoms with Crippen LogP contribution in [-0.4, -0.2) is 12.6 Å². The van der Waals surface area contributed by atoms with E-state index < -0.39 is 0 Å². The summed E-state index contributed by atoms with van der Waals surface area (Å²) in [6, 6.07) is 0. The minimum atomic E-state index is 0.115. The molecule has 1 unspecified atom stereocenters. The Hall–Kier alpha value is -0.530. The lowest BCUT2D eigenvalue weighted by Crippen LogP contribution is -2.40. The molecule has 1 saturated carbocycles. The summed E-state index contributed by atoms with van der Waals surface area (Å²) in [4.78, 5) is 10.3. The molecule has 2 nitrogen and oxygen atoms in total. The van der Waals surface area contributed by atoms with Crippen LogP contribution in [0.25, 0.3) is 0 Å². The molecule has 70 valence electrons. The highest BCUT2D eigenvalue weighted by Crippen LogP contribution is 2.40. The lowest BCUT2D eigenvalue weighted by Gasteiger charge is -2.41. The van der Waals surface area contributed by atoms with Crippen LogP contribution in [0.15, 0.2) is 0 Å². The molecule has 1 fully saturated rings. The van der Waals surface area contributed by atoms with Crippen molar-refractivity contribution in [3.63, 3.8) is 0 Å². The average molecular weight is 170 g/mol. The van der Waals surface area contributed by atoms with Gasteiger partial charge in [0.25, 0.3) is 6.47 Å². The molecule has 0 aromatic heterocycles. The minimum absolute atomic E-state index is 0.115. The number of carbonyl (C=O) groups is 1. The first kappa shape index (κ1) is 9.56. The van der Waals surface area contributed by atoms with Gasteiger partial charge in [0, 0.05) is 5.41 Å². The van der Waals surface area contributed by atoms with Crippen molar-refractivity contribution in [3.8, 4) is 0 Å². The predicted molar refractivity (Wildman–Crippen MR) is 47.7 cm³/mol. The third-order valence-electron chi connectivity index (χ3n) is 2.97. The van der Waals surface area contributed by atoms with Gasteiger partial charge in [-0.15, -0.1) is 0 Å². The molecular formula is C10H18O2. The van der Waals surface area contributed by atoms with Crippen LogP contribution in [0.2, 0.25) is 0 Å². The van der Waals surface area contributed by atoms with E-state index in [1.165, 1.54) is 12.8 Å². The van der Waals surface area contributed by atoms with E-state index in [2.05, 4.69) is 20.8 Å². The number of hydrogen-bond acceptors (Lipinski definition) is 2. The molecule has 0 aromatic carbocycles. The average Bonchev–Trinajstić information content (AvgIpc) is 1.97. The van der Waals surface area contributed by atoms with Crippen LogP contribution in [0.3, 0.4) is 0 Å². The molecule has 0 heterocycles. The maximum absolute atomic E-state index is 10.3. The highest BCUT2D eigenvalue weighted by atomic mass is 16.5. The van der Waals surface area contributed by atoms with E-state index >= 15 is 0 Å². The highest BCUT2D eigenvalue weighted by Gasteiger charge is 2.38. The lowest BCUT2D eigenvalue weighted by molar-refractivity contribution is -0.147. The molecule has 1 aliphatic carbocycles. The SMILES string of the molecule is C[C@H]1CCCC(C)(C)C1OC=O. The molecule has 0 radical (unpaired) electrons. The van der Waals surface area contributed by atoms with Gasteiger partial charge >= 0.3 is 0 Å². The first-order chi connectivity index (χ1) is 5.58. The Morgan fingerprint density at radius 1 is 1.50 bits per heavy atom. The zero-order valence-corrected chi connectivity index (χ0v) is 8.17. The van der Waals surface area contributed by atoms with Crippen LogP contribution in [-0.2, 0) is 9.53 Å². The Labute approximate surface area is 74.3 Å². The summed E-state index contributed by atoms with van der Waals surface area (Å²) in [7, 11) is 0. The molecule has 0 amide bonds. The summed E-state index contributed by atoms with van der Waals surface area (Å²) in [6.07, 6.45) is 3.72. The fraction of sp³-hybridized carbons (Fsp3) is 0.900. The molecule has 0 saturated heterocycles. The van der Waals surface area contributed by atoms with Gasteiger partial charge in [-0.3, -0.25) is 4.79 Å².